The summed E-state index contributed by atoms with van der Waals surface area (Å²) < 4.78 is 13.6. The summed E-state index contributed by atoms with van der Waals surface area (Å²) in [4.78, 5) is 12.3. The van der Waals surface area contributed by atoms with Crippen molar-refractivity contribution in [3.8, 4) is 0 Å². The van der Waals surface area contributed by atoms with E-state index in [0.717, 1.165) is 25.7 Å². The molecule has 0 aliphatic heterocycles. The van der Waals surface area contributed by atoms with Crippen LogP contribution in [0.15, 0.2) is 24.3 Å². The molecule has 2 fully saturated rings. The number of nitrogens with one attached hydrogen (secondary N) is 1. The van der Waals surface area contributed by atoms with E-state index >= 15 is 0 Å². The summed E-state index contributed by atoms with van der Waals surface area (Å²) in [6.07, 6.45) is 5.32. The number of hydrogen-bond donors (Lipinski definition) is 2. The highest BCUT2D eigenvalue weighted by Gasteiger charge is 2.40. The van der Waals surface area contributed by atoms with Crippen molar-refractivity contribution in [3.63, 3.8) is 0 Å². The first kappa shape index (κ1) is 17.2. The Kier molecular flexibility index (Phi) is 5.81. The molecule has 2 unspecified atom stereocenters. The summed E-state index contributed by atoms with van der Waals surface area (Å²) in [5.74, 6) is 0.817. The van der Waals surface area contributed by atoms with E-state index in [1.165, 1.54) is 12.5 Å². The van der Waals surface area contributed by atoms with Crippen LogP contribution in [-0.2, 0) is 11.3 Å². The summed E-state index contributed by atoms with van der Waals surface area (Å²) >= 11 is 0. The van der Waals surface area contributed by atoms with Gasteiger partial charge in [-0.15, -0.1) is 12.4 Å². The summed E-state index contributed by atoms with van der Waals surface area (Å²) in [6.45, 7) is 0.267. The molecule has 0 spiro atoms. The smallest absolute Gasteiger partial charge is 0.223 e. The number of hydrogen-bond acceptors (Lipinski definition) is 2. The molecule has 2 atom stereocenters. The Bertz CT molecular complexity index is 511. The highest BCUT2D eigenvalue weighted by molar-refractivity contribution is 5.85. The summed E-state index contributed by atoms with van der Waals surface area (Å²) in [7, 11) is 0. The van der Waals surface area contributed by atoms with Gasteiger partial charge in [0.1, 0.15) is 5.82 Å². The van der Waals surface area contributed by atoms with Crippen molar-refractivity contribution in [1.29, 1.82) is 0 Å². The first-order valence-corrected chi connectivity index (χ1v) is 7.92. The van der Waals surface area contributed by atoms with Crippen molar-refractivity contribution in [3.05, 3.63) is 35.6 Å². The molecular formula is C17H24ClFN2O. The minimum Gasteiger partial charge on any atom is -0.352 e. The number of rotatable bonds is 3. The van der Waals surface area contributed by atoms with Crippen LogP contribution in [0.1, 0.15) is 37.7 Å². The fourth-order valence-corrected chi connectivity index (χ4v) is 3.97. The number of nitrogens with two attached hydrogens (primary N) is 1. The van der Waals surface area contributed by atoms with Crippen molar-refractivity contribution in [1.82, 2.24) is 5.32 Å². The van der Waals surface area contributed by atoms with Gasteiger partial charge >= 0.3 is 0 Å². The van der Waals surface area contributed by atoms with Crippen LogP contribution in [0, 0.1) is 23.6 Å². The van der Waals surface area contributed by atoms with Crippen LogP contribution in [0.25, 0.3) is 0 Å². The lowest BCUT2D eigenvalue weighted by Crippen LogP contribution is -2.49. The summed E-state index contributed by atoms with van der Waals surface area (Å²) in [5, 5.41) is 2.89. The maximum atomic E-state index is 13.6. The summed E-state index contributed by atoms with van der Waals surface area (Å²) in [6, 6.07) is 6.85. The second kappa shape index (κ2) is 7.42. The van der Waals surface area contributed by atoms with E-state index in [4.69, 9.17) is 5.73 Å². The highest BCUT2D eigenvalue weighted by atomic mass is 35.5. The monoisotopic (exact) mass is 326 g/mol. The molecule has 0 heterocycles. The number of benzene rings is 1. The molecule has 0 saturated heterocycles. The molecule has 1 aromatic rings. The highest BCUT2D eigenvalue weighted by Crippen LogP contribution is 2.41. The van der Waals surface area contributed by atoms with Gasteiger partial charge in [-0.05, 0) is 43.6 Å². The molecule has 0 radical (unpaired) electrons. The van der Waals surface area contributed by atoms with Gasteiger partial charge in [-0.3, -0.25) is 4.79 Å². The van der Waals surface area contributed by atoms with Gasteiger partial charge in [0.25, 0.3) is 0 Å². The fourth-order valence-electron chi connectivity index (χ4n) is 3.97. The standard InChI is InChI=1S/C17H23FN2O.ClH/c18-15-7-2-1-4-13(15)10-20-17(21)14-8-11-5-3-6-12(9-14)16(11)19;/h1-2,4,7,11-12,14,16H,3,5-6,8-10,19H2,(H,20,21);1H. The van der Waals surface area contributed by atoms with Gasteiger partial charge in [0, 0.05) is 24.1 Å². The maximum absolute atomic E-state index is 13.6. The number of halogens is 2. The predicted molar refractivity (Wildman–Crippen MR) is 87.0 cm³/mol. The third kappa shape index (κ3) is 3.61. The predicted octanol–water partition coefficient (Wildman–Crippen LogP) is 3.02. The zero-order valence-corrected chi connectivity index (χ0v) is 13.4. The van der Waals surface area contributed by atoms with Crippen LogP contribution in [0.2, 0.25) is 0 Å². The number of carbonyl (C=O) groups is 1. The Morgan fingerprint density at radius 1 is 1.23 bits per heavy atom. The van der Waals surface area contributed by atoms with Gasteiger partial charge in [0.15, 0.2) is 0 Å². The quantitative estimate of drug-likeness (QED) is 0.897. The topological polar surface area (TPSA) is 55.1 Å². The Labute approximate surface area is 137 Å². The number of amides is 1. The number of carbonyl (C=O) groups excluding carboxylic acids is 1. The van der Waals surface area contributed by atoms with Gasteiger partial charge in [-0.25, -0.2) is 4.39 Å². The van der Waals surface area contributed by atoms with Gasteiger partial charge in [-0.1, -0.05) is 24.6 Å². The van der Waals surface area contributed by atoms with Gasteiger partial charge in [-0.2, -0.15) is 0 Å². The van der Waals surface area contributed by atoms with Gasteiger partial charge in [0.2, 0.25) is 5.91 Å². The van der Waals surface area contributed by atoms with E-state index in [1.807, 2.05) is 0 Å². The second-order valence-electron chi connectivity index (χ2n) is 6.51. The first-order chi connectivity index (χ1) is 10.1. The molecule has 1 aromatic carbocycles. The fraction of sp³-hybridized carbons (Fsp3) is 0.588. The minimum absolute atomic E-state index is 0. The molecule has 2 aliphatic rings. The van der Waals surface area contributed by atoms with E-state index < -0.39 is 0 Å². The third-order valence-corrected chi connectivity index (χ3v) is 5.19. The maximum Gasteiger partial charge on any atom is 0.223 e. The Balaban J connectivity index is 0.00000176. The van der Waals surface area contributed by atoms with Crippen molar-refractivity contribution < 1.29 is 9.18 Å². The zero-order valence-electron chi connectivity index (χ0n) is 12.6. The van der Waals surface area contributed by atoms with Crippen molar-refractivity contribution in [2.75, 3.05) is 0 Å². The lowest BCUT2D eigenvalue weighted by atomic mass is 9.65. The van der Waals surface area contributed by atoms with Gasteiger partial charge < -0.3 is 11.1 Å². The van der Waals surface area contributed by atoms with Crippen molar-refractivity contribution in [2.45, 2.75) is 44.7 Å². The average Bonchev–Trinajstić information content (AvgIpc) is 2.46. The molecule has 2 bridgehead atoms. The molecular weight excluding hydrogens is 303 g/mol. The Morgan fingerprint density at radius 3 is 2.50 bits per heavy atom. The average molecular weight is 327 g/mol. The minimum atomic E-state index is -0.264. The van der Waals surface area contributed by atoms with Crippen molar-refractivity contribution in [2.24, 2.45) is 23.5 Å². The molecule has 1 amide bonds. The summed E-state index contributed by atoms with van der Waals surface area (Å²) in [5.41, 5.74) is 6.79. The van der Waals surface area contributed by atoms with Gasteiger partial charge in [0.05, 0.1) is 0 Å². The molecule has 3 nitrogen and oxygen atoms in total. The molecule has 22 heavy (non-hydrogen) atoms. The molecule has 0 aromatic heterocycles. The third-order valence-electron chi connectivity index (χ3n) is 5.19. The van der Waals surface area contributed by atoms with E-state index in [0.29, 0.717) is 17.4 Å². The molecule has 3 rings (SSSR count). The first-order valence-electron chi connectivity index (χ1n) is 7.92. The molecule has 3 N–H and O–H groups in total. The lowest BCUT2D eigenvalue weighted by Gasteiger charge is -2.43. The molecule has 2 saturated carbocycles. The van der Waals surface area contributed by atoms with Crippen LogP contribution in [-0.4, -0.2) is 11.9 Å². The molecule has 2 aliphatic carbocycles. The lowest BCUT2D eigenvalue weighted by molar-refractivity contribution is -0.128. The molecule has 122 valence electrons. The Morgan fingerprint density at radius 2 is 1.86 bits per heavy atom. The van der Waals surface area contributed by atoms with E-state index in [2.05, 4.69) is 5.32 Å². The van der Waals surface area contributed by atoms with Crippen LogP contribution in [0.3, 0.4) is 0 Å². The van der Waals surface area contributed by atoms with E-state index in [-0.39, 0.29) is 42.6 Å². The van der Waals surface area contributed by atoms with Crippen LogP contribution < -0.4 is 11.1 Å². The van der Waals surface area contributed by atoms with E-state index in [9.17, 15) is 9.18 Å². The van der Waals surface area contributed by atoms with Crippen molar-refractivity contribution >= 4 is 18.3 Å². The SMILES string of the molecule is Cl.NC1C2CCCC1CC(C(=O)NCc1ccccc1F)C2. The van der Waals surface area contributed by atoms with Crippen LogP contribution in [0.4, 0.5) is 4.39 Å². The number of fused-ring (bicyclic) bond motifs is 2. The Hall–Kier alpha value is -1.13. The second-order valence-corrected chi connectivity index (χ2v) is 6.51. The zero-order chi connectivity index (χ0) is 14.8. The van der Waals surface area contributed by atoms with Crippen LogP contribution >= 0.6 is 12.4 Å². The largest absolute Gasteiger partial charge is 0.352 e. The molecule has 5 heteroatoms. The van der Waals surface area contributed by atoms with Crippen LogP contribution in [0.5, 0.6) is 0 Å². The normalized spacial score (nSPS) is 30.3. The van der Waals surface area contributed by atoms with E-state index in [1.54, 1.807) is 18.2 Å².